The minimum Gasteiger partial charge on any atom is -0.309 e. The molecule has 3 aliphatic carbocycles. The maximum Gasteiger partial charge on any atom is 0.0544 e. The number of nitrogens with zero attached hydrogens (tertiary/aromatic N) is 1. The van der Waals surface area contributed by atoms with Crippen LogP contribution in [0.2, 0.25) is 0 Å². The molecule has 0 saturated heterocycles. The molecule has 9 aromatic rings. The first-order valence-corrected chi connectivity index (χ1v) is 21.6. The third-order valence-corrected chi connectivity index (χ3v) is 13.9. The molecule has 1 heteroatoms. The van der Waals surface area contributed by atoms with Gasteiger partial charge in [0.05, 0.1) is 11.0 Å². The summed E-state index contributed by atoms with van der Waals surface area (Å²) in [5, 5.41) is 2.62. The van der Waals surface area contributed by atoms with Gasteiger partial charge in [-0.1, -0.05) is 166 Å². The first-order chi connectivity index (χ1) is 29.5. The van der Waals surface area contributed by atoms with E-state index in [4.69, 9.17) is 0 Å². The van der Waals surface area contributed by atoms with Gasteiger partial charge in [0.1, 0.15) is 0 Å². The monoisotopic (exact) mass is 767 g/mol. The topological polar surface area (TPSA) is 4.93 Å². The van der Waals surface area contributed by atoms with Crippen LogP contribution in [0.5, 0.6) is 0 Å². The molecular weight excluding hydrogens is 723 g/mol. The van der Waals surface area contributed by atoms with E-state index in [9.17, 15) is 0 Å². The van der Waals surface area contributed by atoms with Crippen molar-refractivity contribution in [3.8, 4) is 50.2 Å². The molecule has 8 aromatic carbocycles. The summed E-state index contributed by atoms with van der Waals surface area (Å²) in [6.45, 7) is 4.79. The molecule has 1 unspecified atom stereocenters. The van der Waals surface area contributed by atoms with E-state index in [0.29, 0.717) is 0 Å². The lowest BCUT2D eigenvalue weighted by Crippen LogP contribution is -2.15. The van der Waals surface area contributed by atoms with Gasteiger partial charge in [-0.25, -0.2) is 0 Å². The van der Waals surface area contributed by atoms with Crippen LogP contribution in [0.3, 0.4) is 0 Å². The van der Waals surface area contributed by atoms with Crippen molar-refractivity contribution in [1.82, 2.24) is 4.57 Å². The van der Waals surface area contributed by atoms with E-state index in [-0.39, 0.29) is 11.3 Å². The van der Waals surface area contributed by atoms with Crippen LogP contribution in [0.1, 0.15) is 66.0 Å². The minimum atomic E-state index is -0.0995. The fourth-order valence-electron chi connectivity index (χ4n) is 10.7. The first kappa shape index (κ1) is 35.0. The zero-order chi connectivity index (χ0) is 40.0. The number of hydrogen-bond acceptors (Lipinski definition) is 0. The van der Waals surface area contributed by atoms with Crippen molar-refractivity contribution in [2.45, 2.75) is 44.4 Å². The van der Waals surface area contributed by atoms with Crippen molar-refractivity contribution in [2.24, 2.45) is 0 Å². The Morgan fingerprint density at radius 3 is 1.98 bits per heavy atom. The molecule has 0 radical (unpaired) electrons. The fourth-order valence-corrected chi connectivity index (χ4v) is 10.7. The Bertz CT molecular complexity index is 3230. The van der Waals surface area contributed by atoms with Crippen LogP contribution in [0, 0.1) is 0 Å². The van der Waals surface area contributed by atoms with Crippen LogP contribution in [-0.2, 0) is 11.8 Å². The van der Waals surface area contributed by atoms with Crippen molar-refractivity contribution >= 4 is 27.4 Å². The van der Waals surface area contributed by atoms with Crippen molar-refractivity contribution in [3.63, 3.8) is 0 Å². The van der Waals surface area contributed by atoms with Crippen LogP contribution in [0.25, 0.3) is 77.6 Å². The summed E-state index contributed by atoms with van der Waals surface area (Å²) in [4.78, 5) is 0. The number of fused-ring (bicyclic) bond motifs is 9. The van der Waals surface area contributed by atoms with Crippen LogP contribution < -0.4 is 0 Å². The van der Waals surface area contributed by atoms with E-state index in [1.54, 1.807) is 0 Å². The maximum atomic E-state index is 2.56. The number of aromatic nitrogens is 1. The molecule has 60 heavy (non-hydrogen) atoms. The molecular formula is C59H45N. The lowest BCUT2D eigenvalue weighted by Gasteiger charge is -2.30. The molecule has 0 spiro atoms. The predicted octanol–water partition coefficient (Wildman–Crippen LogP) is 15.5. The summed E-state index contributed by atoms with van der Waals surface area (Å²) < 4.78 is 2.56. The van der Waals surface area contributed by atoms with E-state index in [0.717, 1.165) is 19.3 Å². The molecule has 0 aliphatic heterocycles. The molecule has 0 saturated carbocycles. The van der Waals surface area contributed by atoms with Crippen molar-refractivity contribution in [2.75, 3.05) is 0 Å². The summed E-state index contributed by atoms with van der Waals surface area (Å²) >= 11 is 0. The van der Waals surface area contributed by atoms with E-state index >= 15 is 0 Å². The Balaban J connectivity index is 1.08. The normalized spacial score (nSPS) is 16.0. The highest BCUT2D eigenvalue weighted by Gasteiger charge is 2.36. The zero-order valence-corrected chi connectivity index (χ0v) is 34.1. The van der Waals surface area contributed by atoms with E-state index in [2.05, 4.69) is 213 Å². The Morgan fingerprint density at radius 2 is 1.20 bits per heavy atom. The molecule has 0 fully saturated rings. The molecule has 0 bridgehead atoms. The van der Waals surface area contributed by atoms with E-state index in [1.807, 2.05) is 0 Å². The molecule has 1 aromatic heterocycles. The van der Waals surface area contributed by atoms with Gasteiger partial charge >= 0.3 is 0 Å². The van der Waals surface area contributed by atoms with Gasteiger partial charge in [0.15, 0.2) is 0 Å². The Morgan fingerprint density at radius 1 is 0.500 bits per heavy atom. The average Bonchev–Trinajstić information content (AvgIpc) is 3.75. The van der Waals surface area contributed by atoms with Crippen LogP contribution in [0.4, 0.5) is 0 Å². The quantitative estimate of drug-likeness (QED) is 0.164. The smallest absolute Gasteiger partial charge is 0.0544 e. The Hall–Kier alpha value is -6.96. The van der Waals surface area contributed by atoms with Crippen molar-refractivity contribution < 1.29 is 0 Å². The second-order valence-corrected chi connectivity index (χ2v) is 17.6. The number of benzene rings is 8. The summed E-state index contributed by atoms with van der Waals surface area (Å²) in [7, 11) is 0. The lowest BCUT2D eigenvalue weighted by atomic mass is 9.75. The first-order valence-electron chi connectivity index (χ1n) is 21.6. The number of hydrogen-bond donors (Lipinski definition) is 0. The van der Waals surface area contributed by atoms with Crippen LogP contribution in [0.15, 0.2) is 194 Å². The highest BCUT2D eigenvalue weighted by molar-refractivity contribution is 6.12. The van der Waals surface area contributed by atoms with E-state index in [1.165, 1.54) is 111 Å². The van der Waals surface area contributed by atoms with E-state index < -0.39 is 0 Å². The number of rotatable bonds is 5. The third kappa shape index (κ3) is 5.46. The van der Waals surface area contributed by atoms with Crippen molar-refractivity contribution in [3.05, 3.63) is 228 Å². The SMILES string of the molecule is CC1(C)c2ccccc2-c2cc3c4cc(C5=CC=CCC5)ccc4n(-c4ccc5c(c4)-c4cc(-c6ccccc6)ccc4CC5c4ccc(-c5ccccc5)cc4)c3cc21. The van der Waals surface area contributed by atoms with Gasteiger partial charge in [-0.2, -0.15) is 0 Å². The summed E-state index contributed by atoms with van der Waals surface area (Å²) in [6, 6.07) is 66.6. The molecule has 286 valence electrons. The summed E-state index contributed by atoms with van der Waals surface area (Å²) in [5.41, 5.74) is 23.7. The minimum absolute atomic E-state index is 0.0995. The molecule has 3 aliphatic rings. The van der Waals surface area contributed by atoms with Crippen LogP contribution >= 0.6 is 0 Å². The molecule has 0 N–H and O–H groups in total. The highest BCUT2D eigenvalue weighted by Crippen LogP contribution is 2.52. The average molecular weight is 768 g/mol. The van der Waals surface area contributed by atoms with Gasteiger partial charge in [0, 0.05) is 27.8 Å². The van der Waals surface area contributed by atoms with Gasteiger partial charge < -0.3 is 4.57 Å². The van der Waals surface area contributed by atoms with Gasteiger partial charge in [-0.3, -0.25) is 0 Å². The Labute approximate surface area is 352 Å². The molecule has 1 nitrogen and oxygen atoms in total. The fraction of sp³-hybridized carbons (Fsp3) is 0.119. The third-order valence-electron chi connectivity index (χ3n) is 13.9. The van der Waals surface area contributed by atoms with Gasteiger partial charge in [0.25, 0.3) is 0 Å². The van der Waals surface area contributed by atoms with Gasteiger partial charge in [-0.15, -0.1) is 0 Å². The Kier molecular flexibility index (Phi) is 7.91. The highest BCUT2D eigenvalue weighted by atomic mass is 15.0. The predicted molar refractivity (Wildman–Crippen MR) is 253 cm³/mol. The summed E-state index contributed by atoms with van der Waals surface area (Å²) in [6.07, 6.45) is 9.92. The molecule has 1 atom stereocenters. The molecule has 1 heterocycles. The maximum absolute atomic E-state index is 2.56. The second-order valence-electron chi connectivity index (χ2n) is 17.6. The number of allylic oxidation sites excluding steroid dienone is 4. The largest absolute Gasteiger partial charge is 0.309 e. The van der Waals surface area contributed by atoms with Crippen LogP contribution in [-0.4, -0.2) is 4.57 Å². The van der Waals surface area contributed by atoms with Gasteiger partial charge in [0.2, 0.25) is 0 Å². The lowest BCUT2D eigenvalue weighted by molar-refractivity contribution is 0.661. The standard InChI is InChI=1S/C59H45N/c1-59(2)55-21-13-12-20-48(55)52-36-54-53-33-44(40-18-10-5-11-19-40)28-31-57(53)60(58(54)37-56(52)59)46-29-30-47-49(42-24-22-41(23-25-42)38-14-6-3-7-15-38)34-45-27-26-43(32-50(45)51(47)35-46)39-16-8-4-9-17-39/h3-10,12-18,20-33,35-37,49H,11,19,34H2,1-2H3. The molecule has 12 rings (SSSR count). The van der Waals surface area contributed by atoms with Crippen molar-refractivity contribution in [1.29, 1.82) is 0 Å². The summed E-state index contributed by atoms with van der Waals surface area (Å²) in [5.74, 6) is 0.245. The second kappa shape index (κ2) is 13.5. The van der Waals surface area contributed by atoms with Gasteiger partial charge in [-0.05, 0) is 145 Å². The zero-order valence-electron chi connectivity index (χ0n) is 34.1. The molecule has 0 amide bonds.